The van der Waals surface area contributed by atoms with Crippen LogP contribution in [-0.2, 0) is 0 Å². The van der Waals surface area contributed by atoms with Crippen LogP contribution < -0.4 is 5.32 Å². The van der Waals surface area contributed by atoms with Crippen molar-refractivity contribution in [1.29, 1.82) is 0 Å². The number of hydrogen-bond donors (Lipinski definition) is 1. The molecule has 1 aromatic heterocycles. The van der Waals surface area contributed by atoms with Crippen LogP contribution in [0.25, 0.3) is 0 Å². The highest BCUT2D eigenvalue weighted by Crippen LogP contribution is 2.23. The lowest BCUT2D eigenvalue weighted by Gasteiger charge is -2.02. The summed E-state index contributed by atoms with van der Waals surface area (Å²) >= 11 is 5.72. The van der Waals surface area contributed by atoms with Crippen molar-refractivity contribution in [1.82, 2.24) is 4.98 Å². The fourth-order valence-corrected chi connectivity index (χ4v) is 1.05. The first-order valence-electron chi connectivity index (χ1n) is 3.69. The predicted molar refractivity (Wildman–Crippen MR) is 50.1 cm³/mol. The summed E-state index contributed by atoms with van der Waals surface area (Å²) in [7, 11) is 0. The number of halogens is 1. The number of nitrogens with one attached hydrogen (secondary N) is 1. The Hall–Kier alpha value is -1.36. The van der Waals surface area contributed by atoms with Crippen molar-refractivity contribution < 1.29 is 4.92 Å². The van der Waals surface area contributed by atoms with Crippen molar-refractivity contribution in [2.24, 2.45) is 0 Å². The molecular weight excluding hydrogens is 194 g/mol. The first kappa shape index (κ1) is 9.73. The summed E-state index contributed by atoms with van der Waals surface area (Å²) in [5, 5.41) is 13.4. The fourth-order valence-electron chi connectivity index (χ4n) is 0.825. The van der Waals surface area contributed by atoms with Gasteiger partial charge in [-0.05, 0) is 6.92 Å². The Labute approximate surface area is 79.9 Å². The second-order valence-corrected chi connectivity index (χ2v) is 2.72. The van der Waals surface area contributed by atoms with Gasteiger partial charge in [-0.3, -0.25) is 10.1 Å². The molecule has 0 aliphatic rings. The highest BCUT2D eigenvalue weighted by molar-refractivity contribution is 6.33. The average molecular weight is 202 g/mol. The summed E-state index contributed by atoms with van der Waals surface area (Å²) in [5.74, 6) is 0.467. The molecule has 5 nitrogen and oxygen atoms in total. The van der Waals surface area contributed by atoms with Crippen LogP contribution in [0.5, 0.6) is 0 Å². The first-order chi connectivity index (χ1) is 6.15. The number of nitro groups is 1. The smallest absolute Gasteiger partial charge is 0.289 e. The molecule has 70 valence electrons. The molecule has 0 aliphatic carbocycles. The third-order valence-corrected chi connectivity index (χ3v) is 1.67. The Morgan fingerprint density at radius 3 is 2.92 bits per heavy atom. The van der Waals surface area contributed by atoms with Gasteiger partial charge in [0.25, 0.3) is 5.69 Å². The Morgan fingerprint density at radius 2 is 2.46 bits per heavy atom. The van der Waals surface area contributed by atoms with Gasteiger partial charge < -0.3 is 5.32 Å². The monoisotopic (exact) mass is 201 g/mol. The van der Waals surface area contributed by atoms with Gasteiger partial charge in [0.2, 0.25) is 0 Å². The van der Waals surface area contributed by atoms with E-state index in [-0.39, 0.29) is 10.7 Å². The molecule has 0 amide bonds. The minimum Gasteiger partial charge on any atom is -0.369 e. The van der Waals surface area contributed by atoms with E-state index in [2.05, 4.69) is 10.3 Å². The molecule has 1 aromatic rings. The Morgan fingerprint density at radius 1 is 1.77 bits per heavy atom. The van der Waals surface area contributed by atoms with E-state index in [1.54, 1.807) is 0 Å². The number of rotatable bonds is 3. The number of hydrogen-bond acceptors (Lipinski definition) is 4. The van der Waals surface area contributed by atoms with Gasteiger partial charge in [0, 0.05) is 12.6 Å². The maximum atomic E-state index is 10.3. The highest BCUT2D eigenvalue weighted by atomic mass is 35.5. The van der Waals surface area contributed by atoms with Crippen molar-refractivity contribution >= 4 is 23.1 Å². The molecular formula is C7H8ClN3O2. The lowest BCUT2D eigenvalue weighted by atomic mass is 10.4. The van der Waals surface area contributed by atoms with E-state index in [0.29, 0.717) is 12.4 Å². The molecule has 1 rings (SSSR count). The van der Waals surface area contributed by atoms with Crippen LogP contribution in [0.15, 0.2) is 12.3 Å². The quantitative estimate of drug-likeness (QED) is 0.601. The molecule has 0 saturated heterocycles. The van der Waals surface area contributed by atoms with Gasteiger partial charge >= 0.3 is 0 Å². The van der Waals surface area contributed by atoms with Crippen molar-refractivity contribution in [2.45, 2.75) is 6.92 Å². The summed E-state index contributed by atoms with van der Waals surface area (Å²) < 4.78 is 0. The Bertz CT molecular complexity index is 330. The molecule has 1 N–H and O–H groups in total. The molecule has 0 bridgehead atoms. The van der Waals surface area contributed by atoms with Crippen LogP contribution in [0.3, 0.4) is 0 Å². The minimum absolute atomic E-state index is 0.105. The summed E-state index contributed by atoms with van der Waals surface area (Å²) in [6, 6.07) is 1.27. The van der Waals surface area contributed by atoms with Gasteiger partial charge in [0.15, 0.2) is 0 Å². The third-order valence-electron chi connectivity index (χ3n) is 1.38. The van der Waals surface area contributed by atoms with Crippen molar-refractivity contribution in [2.75, 3.05) is 11.9 Å². The van der Waals surface area contributed by atoms with Gasteiger partial charge in [-0.2, -0.15) is 0 Å². The zero-order valence-electron chi connectivity index (χ0n) is 6.95. The average Bonchev–Trinajstić information content (AvgIpc) is 2.08. The van der Waals surface area contributed by atoms with Crippen LogP contribution in [0.4, 0.5) is 11.5 Å². The standard InChI is InChI=1S/C7H8ClN3O2/c1-2-9-7-6(8)3-5(4-10-7)11(12)13/h3-4H,2H2,1H3,(H,9,10). The second kappa shape index (κ2) is 4.04. The van der Waals surface area contributed by atoms with Crippen molar-refractivity contribution in [3.63, 3.8) is 0 Å². The number of anilines is 1. The molecule has 0 fully saturated rings. The van der Waals surface area contributed by atoms with Crippen LogP contribution in [0.1, 0.15) is 6.92 Å². The molecule has 0 spiro atoms. The van der Waals surface area contributed by atoms with E-state index in [1.807, 2.05) is 6.92 Å². The maximum Gasteiger partial charge on any atom is 0.289 e. The molecule has 1 heterocycles. The number of pyridine rings is 1. The lowest BCUT2D eigenvalue weighted by Crippen LogP contribution is -2.00. The molecule has 13 heavy (non-hydrogen) atoms. The third kappa shape index (κ3) is 2.29. The summed E-state index contributed by atoms with van der Waals surface area (Å²) in [6.07, 6.45) is 1.17. The van der Waals surface area contributed by atoms with E-state index in [0.717, 1.165) is 0 Å². The van der Waals surface area contributed by atoms with Crippen LogP contribution >= 0.6 is 11.6 Å². The van der Waals surface area contributed by atoms with E-state index >= 15 is 0 Å². The summed E-state index contributed by atoms with van der Waals surface area (Å²) in [6.45, 7) is 2.56. The second-order valence-electron chi connectivity index (χ2n) is 2.31. The van der Waals surface area contributed by atoms with Crippen molar-refractivity contribution in [3.8, 4) is 0 Å². The van der Waals surface area contributed by atoms with E-state index in [4.69, 9.17) is 11.6 Å². The molecule has 0 unspecified atom stereocenters. The molecule has 0 radical (unpaired) electrons. The van der Waals surface area contributed by atoms with Crippen molar-refractivity contribution in [3.05, 3.63) is 27.4 Å². The molecule has 0 saturated carbocycles. The normalized spacial score (nSPS) is 9.69. The van der Waals surface area contributed by atoms with E-state index in [1.165, 1.54) is 12.3 Å². The predicted octanol–water partition coefficient (Wildman–Crippen LogP) is 2.07. The van der Waals surface area contributed by atoms with Crippen LogP contribution in [0, 0.1) is 10.1 Å². The molecule has 6 heteroatoms. The van der Waals surface area contributed by atoms with E-state index in [9.17, 15) is 10.1 Å². The summed E-state index contributed by atoms with van der Waals surface area (Å²) in [5.41, 5.74) is -0.105. The van der Waals surface area contributed by atoms with Crippen LogP contribution in [-0.4, -0.2) is 16.5 Å². The Balaban J connectivity index is 2.98. The molecule has 0 aromatic carbocycles. The highest BCUT2D eigenvalue weighted by Gasteiger charge is 2.09. The van der Waals surface area contributed by atoms with Gasteiger partial charge in [0.1, 0.15) is 12.0 Å². The number of aromatic nitrogens is 1. The topological polar surface area (TPSA) is 68.1 Å². The van der Waals surface area contributed by atoms with Gasteiger partial charge in [0.05, 0.1) is 9.95 Å². The van der Waals surface area contributed by atoms with Crippen LogP contribution in [0.2, 0.25) is 5.02 Å². The summed E-state index contributed by atoms with van der Waals surface area (Å²) in [4.78, 5) is 13.6. The maximum absolute atomic E-state index is 10.3. The minimum atomic E-state index is -0.533. The largest absolute Gasteiger partial charge is 0.369 e. The van der Waals surface area contributed by atoms with E-state index < -0.39 is 4.92 Å². The zero-order chi connectivity index (χ0) is 9.84. The van der Waals surface area contributed by atoms with Gasteiger partial charge in [-0.25, -0.2) is 4.98 Å². The fraction of sp³-hybridized carbons (Fsp3) is 0.286. The molecule has 0 atom stereocenters. The lowest BCUT2D eigenvalue weighted by molar-refractivity contribution is -0.385. The van der Waals surface area contributed by atoms with Gasteiger partial charge in [-0.1, -0.05) is 11.6 Å². The molecule has 0 aliphatic heterocycles. The number of nitrogens with zero attached hydrogens (tertiary/aromatic N) is 2. The Kier molecular flexibility index (Phi) is 3.02. The first-order valence-corrected chi connectivity index (χ1v) is 4.06. The SMILES string of the molecule is CCNc1ncc([N+](=O)[O-])cc1Cl. The van der Waals surface area contributed by atoms with Gasteiger partial charge in [-0.15, -0.1) is 0 Å². The zero-order valence-corrected chi connectivity index (χ0v) is 7.71.